The summed E-state index contributed by atoms with van der Waals surface area (Å²) in [6, 6.07) is 0. The molecule has 1 heterocycles. The van der Waals surface area contributed by atoms with Crippen LogP contribution in [-0.4, -0.2) is 51.8 Å². The highest BCUT2D eigenvalue weighted by Gasteiger charge is 2.24. The highest BCUT2D eigenvalue weighted by molar-refractivity contribution is 7.88. The summed E-state index contributed by atoms with van der Waals surface area (Å²) >= 11 is 0. The second-order valence-corrected chi connectivity index (χ2v) is 5.96. The summed E-state index contributed by atoms with van der Waals surface area (Å²) in [4.78, 5) is 10.8. The molecule has 94 valence electrons. The summed E-state index contributed by atoms with van der Waals surface area (Å²) in [5, 5.41) is 2.63. The number of carbonyl (C=O) groups is 1. The topological polar surface area (TPSA) is 75.7 Å². The van der Waals surface area contributed by atoms with Crippen molar-refractivity contribution in [2.75, 3.05) is 33.0 Å². The van der Waals surface area contributed by atoms with E-state index in [4.69, 9.17) is 0 Å². The monoisotopic (exact) mass is 250 g/mol. The van der Waals surface area contributed by atoms with E-state index in [-0.39, 0.29) is 0 Å². The zero-order chi connectivity index (χ0) is 12.2. The number of alkyl carbamates (subject to hydrolysis) is 1. The Kier molecular flexibility index (Phi) is 4.55. The summed E-state index contributed by atoms with van der Waals surface area (Å²) in [6.45, 7) is 1.61. The highest BCUT2D eigenvalue weighted by atomic mass is 32.2. The molecular formula is C9H18N2O4S. The van der Waals surface area contributed by atoms with Crippen molar-refractivity contribution >= 4 is 16.1 Å². The third kappa shape index (κ3) is 3.97. The lowest BCUT2D eigenvalue weighted by Crippen LogP contribution is -2.41. The van der Waals surface area contributed by atoms with Crippen LogP contribution in [0.3, 0.4) is 0 Å². The van der Waals surface area contributed by atoms with E-state index in [1.807, 2.05) is 0 Å². The summed E-state index contributed by atoms with van der Waals surface area (Å²) in [5.41, 5.74) is 0. The fraction of sp³-hybridized carbons (Fsp3) is 0.889. The van der Waals surface area contributed by atoms with Crippen LogP contribution in [0.5, 0.6) is 0 Å². The molecule has 1 N–H and O–H groups in total. The van der Waals surface area contributed by atoms with Crippen molar-refractivity contribution < 1.29 is 17.9 Å². The van der Waals surface area contributed by atoms with Crippen molar-refractivity contribution in [1.29, 1.82) is 0 Å². The number of nitrogens with zero attached hydrogens (tertiary/aromatic N) is 1. The van der Waals surface area contributed by atoms with Crippen LogP contribution in [0.15, 0.2) is 0 Å². The molecule has 1 aliphatic heterocycles. The van der Waals surface area contributed by atoms with Crippen LogP contribution in [0, 0.1) is 5.92 Å². The maximum Gasteiger partial charge on any atom is 0.406 e. The zero-order valence-corrected chi connectivity index (χ0v) is 10.4. The van der Waals surface area contributed by atoms with E-state index in [0.717, 1.165) is 12.8 Å². The van der Waals surface area contributed by atoms with Gasteiger partial charge in [0.15, 0.2) is 0 Å². The minimum Gasteiger partial charge on any atom is -0.453 e. The second kappa shape index (κ2) is 5.49. The van der Waals surface area contributed by atoms with Gasteiger partial charge in [-0.1, -0.05) is 0 Å². The van der Waals surface area contributed by atoms with Crippen molar-refractivity contribution in [3.8, 4) is 0 Å². The van der Waals surface area contributed by atoms with E-state index in [2.05, 4.69) is 10.1 Å². The molecular weight excluding hydrogens is 232 g/mol. The Balaban J connectivity index is 2.30. The number of nitrogens with one attached hydrogen (secondary N) is 1. The first-order valence-electron chi connectivity index (χ1n) is 5.20. The third-order valence-corrected chi connectivity index (χ3v) is 4.07. The molecule has 16 heavy (non-hydrogen) atoms. The Morgan fingerprint density at radius 1 is 1.44 bits per heavy atom. The molecule has 1 rings (SSSR count). The van der Waals surface area contributed by atoms with E-state index in [1.54, 1.807) is 0 Å². The van der Waals surface area contributed by atoms with Gasteiger partial charge in [0.1, 0.15) is 0 Å². The van der Waals surface area contributed by atoms with Crippen LogP contribution in [-0.2, 0) is 14.8 Å². The standard InChI is InChI=1S/C9H18N2O4S/c1-15-9(12)10-7-8-3-5-11(6-4-8)16(2,13)14/h8H,3-7H2,1-2H3,(H,10,12). The van der Waals surface area contributed by atoms with E-state index in [0.29, 0.717) is 25.6 Å². The number of hydrogen-bond acceptors (Lipinski definition) is 4. The van der Waals surface area contributed by atoms with Crippen molar-refractivity contribution in [3.63, 3.8) is 0 Å². The van der Waals surface area contributed by atoms with Gasteiger partial charge in [0.25, 0.3) is 0 Å². The lowest BCUT2D eigenvalue weighted by molar-refractivity contribution is 0.166. The number of sulfonamides is 1. The fourth-order valence-corrected chi connectivity index (χ4v) is 2.62. The summed E-state index contributed by atoms with van der Waals surface area (Å²) in [7, 11) is -1.74. The van der Waals surface area contributed by atoms with Crippen LogP contribution in [0.2, 0.25) is 0 Å². The molecule has 6 nitrogen and oxygen atoms in total. The minimum absolute atomic E-state index is 0.331. The summed E-state index contributed by atoms with van der Waals surface area (Å²) in [5.74, 6) is 0.331. The van der Waals surface area contributed by atoms with Gasteiger partial charge in [-0.2, -0.15) is 0 Å². The molecule has 0 unspecified atom stereocenters. The van der Waals surface area contributed by atoms with Gasteiger partial charge in [-0.25, -0.2) is 17.5 Å². The lowest BCUT2D eigenvalue weighted by Gasteiger charge is -2.30. The van der Waals surface area contributed by atoms with Crippen LogP contribution in [0.1, 0.15) is 12.8 Å². The number of hydrogen-bond donors (Lipinski definition) is 1. The van der Waals surface area contributed by atoms with Crippen LogP contribution in [0.4, 0.5) is 4.79 Å². The Bertz CT molecular complexity index is 333. The smallest absolute Gasteiger partial charge is 0.406 e. The molecule has 0 radical (unpaired) electrons. The van der Waals surface area contributed by atoms with Gasteiger partial charge in [0.2, 0.25) is 10.0 Å². The quantitative estimate of drug-likeness (QED) is 0.766. The fourth-order valence-electron chi connectivity index (χ4n) is 1.74. The largest absolute Gasteiger partial charge is 0.453 e. The highest BCUT2D eigenvalue weighted by Crippen LogP contribution is 2.18. The first kappa shape index (κ1) is 13.2. The zero-order valence-electron chi connectivity index (χ0n) is 9.60. The maximum absolute atomic E-state index is 11.2. The van der Waals surface area contributed by atoms with Crippen molar-refractivity contribution in [1.82, 2.24) is 9.62 Å². The molecule has 0 aliphatic carbocycles. The van der Waals surface area contributed by atoms with Gasteiger partial charge in [0, 0.05) is 19.6 Å². The third-order valence-electron chi connectivity index (χ3n) is 2.76. The Morgan fingerprint density at radius 3 is 2.44 bits per heavy atom. The molecule has 0 spiro atoms. The molecule has 7 heteroatoms. The molecule has 1 amide bonds. The molecule has 1 fully saturated rings. The number of carbonyl (C=O) groups excluding carboxylic acids is 1. The van der Waals surface area contributed by atoms with Gasteiger partial charge in [0.05, 0.1) is 13.4 Å². The van der Waals surface area contributed by atoms with Gasteiger partial charge < -0.3 is 10.1 Å². The van der Waals surface area contributed by atoms with Crippen molar-refractivity contribution in [3.05, 3.63) is 0 Å². The average Bonchev–Trinajstić information content (AvgIpc) is 2.25. The van der Waals surface area contributed by atoms with Gasteiger partial charge in [-0.15, -0.1) is 0 Å². The minimum atomic E-state index is -3.06. The first-order valence-corrected chi connectivity index (χ1v) is 7.05. The molecule has 0 aromatic carbocycles. The second-order valence-electron chi connectivity index (χ2n) is 3.98. The van der Waals surface area contributed by atoms with Crippen molar-refractivity contribution in [2.24, 2.45) is 5.92 Å². The van der Waals surface area contributed by atoms with Gasteiger partial charge >= 0.3 is 6.09 Å². The number of amides is 1. The number of rotatable bonds is 3. The maximum atomic E-state index is 11.2. The molecule has 1 aliphatic rings. The SMILES string of the molecule is COC(=O)NCC1CCN(S(C)(=O)=O)CC1. The van der Waals surface area contributed by atoms with E-state index in [1.165, 1.54) is 17.7 Å². The van der Waals surface area contributed by atoms with Crippen molar-refractivity contribution in [2.45, 2.75) is 12.8 Å². The van der Waals surface area contributed by atoms with E-state index in [9.17, 15) is 13.2 Å². The number of piperidine rings is 1. The van der Waals surface area contributed by atoms with Crippen LogP contribution in [0.25, 0.3) is 0 Å². The predicted octanol–water partition coefficient (Wildman–Crippen LogP) is 0.0140. The number of methoxy groups -OCH3 is 1. The average molecular weight is 250 g/mol. The Morgan fingerprint density at radius 2 is 2.00 bits per heavy atom. The predicted molar refractivity (Wildman–Crippen MR) is 59.5 cm³/mol. The van der Waals surface area contributed by atoms with Crippen LogP contribution < -0.4 is 5.32 Å². The molecule has 0 aromatic heterocycles. The molecule has 0 aromatic rings. The molecule has 0 bridgehead atoms. The van der Waals surface area contributed by atoms with E-state index < -0.39 is 16.1 Å². The van der Waals surface area contributed by atoms with E-state index >= 15 is 0 Å². The summed E-state index contributed by atoms with van der Waals surface area (Å²) < 4.78 is 28.4. The van der Waals surface area contributed by atoms with Gasteiger partial charge in [-0.3, -0.25) is 0 Å². The summed E-state index contributed by atoms with van der Waals surface area (Å²) in [6.07, 6.45) is 2.33. The van der Waals surface area contributed by atoms with Crippen LogP contribution >= 0.6 is 0 Å². The first-order chi connectivity index (χ1) is 7.43. The normalized spacial score (nSPS) is 19.4. The molecule has 0 saturated carbocycles. The van der Waals surface area contributed by atoms with Gasteiger partial charge in [-0.05, 0) is 18.8 Å². The number of ether oxygens (including phenoxy) is 1. The Hall–Kier alpha value is -0.820. The molecule has 1 saturated heterocycles. The molecule has 0 atom stereocenters. The lowest BCUT2D eigenvalue weighted by atomic mass is 9.98. The Labute approximate surface area is 96.0 Å².